The van der Waals surface area contributed by atoms with Crippen LogP contribution >= 0.6 is 0 Å². The van der Waals surface area contributed by atoms with E-state index >= 15 is 0 Å². The van der Waals surface area contributed by atoms with Crippen LogP contribution in [0.15, 0.2) is 53.3 Å². The number of aromatic nitrogens is 2. The third-order valence-electron chi connectivity index (χ3n) is 4.37. The maximum Gasteiger partial charge on any atom is 0.272 e. The van der Waals surface area contributed by atoms with Crippen LogP contribution in [0.4, 0.5) is 0 Å². The van der Waals surface area contributed by atoms with E-state index in [4.69, 9.17) is 4.74 Å². The maximum atomic E-state index is 12.6. The highest BCUT2D eigenvalue weighted by molar-refractivity contribution is 5.97. The van der Waals surface area contributed by atoms with Crippen LogP contribution in [0.1, 0.15) is 28.0 Å². The van der Waals surface area contributed by atoms with Crippen molar-refractivity contribution in [2.75, 3.05) is 20.3 Å². The van der Waals surface area contributed by atoms with E-state index in [-0.39, 0.29) is 11.5 Å². The standard InChI is InChI=1S/C21H23N3O3/c1-15-21(26)24(14-16-7-4-3-5-8-16)19-10-9-17(13-18(19)23-15)20(25)22-11-6-12-27-2/h3-5,7-10,13H,6,11-12,14H2,1-2H3,(H,22,25). The summed E-state index contributed by atoms with van der Waals surface area (Å²) in [5.74, 6) is -0.159. The Labute approximate surface area is 157 Å². The van der Waals surface area contributed by atoms with Crippen molar-refractivity contribution in [2.45, 2.75) is 19.9 Å². The van der Waals surface area contributed by atoms with E-state index in [1.807, 2.05) is 30.3 Å². The average Bonchev–Trinajstić information content (AvgIpc) is 2.69. The van der Waals surface area contributed by atoms with Crippen molar-refractivity contribution < 1.29 is 9.53 Å². The van der Waals surface area contributed by atoms with Crippen molar-refractivity contribution in [3.63, 3.8) is 0 Å². The zero-order valence-electron chi connectivity index (χ0n) is 15.6. The Bertz CT molecular complexity index is 997. The molecule has 0 spiro atoms. The number of benzene rings is 2. The molecule has 6 heteroatoms. The summed E-state index contributed by atoms with van der Waals surface area (Å²) in [6.45, 7) is 3.30. The van der Waals surface area contributed by atoms with Gasteiger partial charge >= 0.3 is 0 Å². The molecule has 1 aromatic heterocycles. The predicted octanol–water partition coefficient (Wildman–Crippen LogP) is 2.52. The summed E-state index contributed by atoms with van der Waals surface area (Å²) < 4.78 is 6.68. The van der Waals surface area contributed by atoms with Crippen molar-refractivity contribution in [3.05, 3.63) is 75.7 Å². The Hall–Kier alpha value is -2.99. The Balaban J connectivity index is 1.92. The molecular weight excluding hydrogens is 342 g/mol. The molecule has 2 aromatic carbocycles. The first-order chi connectivity index (χ1) is 13.1. The zero-order chi connectivity index (χ0) is 19.2. The van der Waals surface area contributed by atoms with Crippen molar-refractivity contribution in [3.8, 4) is 0 Å². The number of carbonyl (C=O) groups is 1. The van der Waals surface area contributed by atoms with Crippen molar-refractivity contribution >= 4 is 16.9 Å². The van der Waals surface area contributed by atoms with E-state index in [2.05, 4.69) is 10.3 Å². The fraction of sp³-hybridized carbons (Fsp3) is 0.286. The molecule has 0 atom stereocenters. The number of rotatable bonds is 7. The molecule has 0 bridgehead atoms. The molecule has 0 radical (unpaired) electrons. The molecular formula is C21H23N3O3. The first kappa shape index (κ1) is 18.8. The molecule has 0 aliphatic heterocycles. The third-order valence-corrected chi connectivity index (χ3v) is 4.37. The van der Waals surface area contributed by atoms with Crippen LogP contribution in [-0.2, 0) is 11.3 Å². The van der Waals surface area contributed by atoms with Gasteiger partial charge in [-0.15, -0.1) is 0 Å². The molecule has 3 aromatic rings. The van der Waals surface area contributed by atoms with E-state index in [1.165, 1.54) is 0 Å². The molecule has 1 amide bonds. The molecule has 0 fully saturated rings. The Morgan fingerprint density at radius 3 is 2.70 bits per heavy atom. The number of amides is 1. The van der Waals surface area contributed by atoms with Crippen LogP contribution in [0.5, 0.6) is 0 Å². The lowest BCUT2D eigenvalue weighted by molar-refractivity contribution is 0.0948. The minimum Gasteiger partial charge on any atom is -0.385 e. The molecule has 0 saturated heterocycles. The third kappa shape index (κ3) is 4.41. The van der Waals surface area contributed by atoms with Gasteiger partial charge in [-0.25, -0.2) is 4.98 Å². The van der Waals surface area contributed by atoms with Gasteiger partial charge in [0.2, 0.25) is 0 Å². The molecule has 1 heterocycles. The summed E-state index contributed by atoms with van der Waals surface area (Å²) in [6, 6.07) is 15.0. The van der Waals surface area contributed by atoms with Crippen molar-refractivity contribution in [2.24, 2.45) is 0 Å². The van der Waals surface area contributed by atoms with Gasteiger partial charge in [-0.3, -0.25) is 9.59 Å². The second-order valence-electron chi connectivity index (χ2n) is 6.38. The van der Waals surface area contributed by atoms with Crippen molar-refractivity contribution in [1.29, 1.82) is 0 Å². The summed E-state index contributed by atoms with van der Waals surface area (Å²) in [4.78, 5) is 29.3. The fourth-order valence-electron chi connectivity index (χ4n) is 2.96. The molecule has 3 rings (SSSR count). The van der Waals surface area contributed by atoms with Gasteiger partial charge in [0.05, 0.1) is 17.6 Å². The smallest absolute Gasteiger partial charge is 0.272 e. The molecule has 0 aliphatic rings. The van der Waals surface area contributed by atoms with Gasteiger partial charge in [0.15, 0.2) is 0 Å². The van der Waals surface area contributed by atoms with Crippen LogP contribution in [0.3, 0.4) is 0 Å². The topological polar surface area (TPSA) is 73.2 Å². The molecule has 140 valence electrons. The summed E-state index contributed by atoms with van der Waals surface area (Å²) in [6.07, 6.45) is 0.754. The van der Waals surface area contributed by atoms with E-state index < -0.39 is 0 Å². The number of nitrogens with zero attached hydrogens (tertiary/aromatic N) is 2. The summed E-state index contributed by atoms with van der Waals surface area (Å²) >= 11 is 0. The number of ether oxygens (including phenoxy) is 1. The zero-order valence-corrected chi connectivity index (χ0v) is 15.6. The van der Waals surface area contributed by atoms with Gasteiger partial charge in [0.1, 0.15) is 5.69 Å². The molecule has 0 unspecified atom stereocenters. The SMILES string of the molecule is COCCCNC(=O)c1ccc2c(c1)nc(C)c(=O)n2Cc1ccccc1. The Kier molecular flexibility index (Phi) is 5.98. The highest BCUT2D eigenvalue weighted by Crippen LogP contribution is 2.15. The molecule has 0 saturated carbocycles. The lowest BCUT2D eigenvalue weighted by atomic mass is 10.1. The molecule has 6 nitrogen and oxygen atoms in total. The van der Waals surface area contributed by atoms with E-state index in [9.17, 15) is 9.59 Å². The van der Waals surface area contributed by atoms with E-state index in [1.54, 1.807) is 36.8 Å². The van der Waals surface area contributed by atoms with Gasteiger partial charge in [0.25, 0.3) is 11.5 Å². The van der Waals surface area contributed by atoms with E-state index in [0.717, 1.165) is 12.0 Å². The molecule has 1 N–H and O–H groups in total. The quantitative estimate of drug-likeness (QED) is 0.653. The maximum absolute atomic E-state index is 12.6. The van der Waals surface area contributed by atoms with Crippen LogP contribution in [-0.4, -0.2) is 35.7 Å². The lowest BCUT2D eigenvalue weighted by Gasteiger charge is -2.12. The number of methoxy groups -OCH3 is 1. The number of hydrogen-bond acceptors (Lipinski definition) is 4. The predicted molar refractivity (Wildman–Crippen MR) is 105 cm³/mol. The van der Waals surface area contributed by atoms with Crippen molar-refractivity contribution in [1.82, 2.24) is 14.9 Å². The summed E-state index contributed by atoms with van der Waals surface area (Å²) in [7, 11) is 1.63. The van der Waals surface area contributed by atoms with E-state index in [0.29, 0.717) is 42.0 Å². The Morgan fingerprint density at radius 2 is 1.96 bits per heavy atom. The fourth-order valence-corrected chi connectivity index (χ4v) is 2.96. The number of fused-ring (bicyclic) bond motifs is 1. The van der Waals surface area contributed by atoms with Gasteiger partial charge in [-0.05, 0) is 37.1 Å². The summed E-state index contributed by atoms with van der Waals surface area (Å²) in [5.41, 5.74) is 3.19. The second-order valence-corrected chi connectivity index (χ2v) is 6.38. The van der Waals surface area contributed by atoms with Crippen LogP contribution in [0, 0.1) is 6.92 Å². The monoisotopic (exact) mass is 365 g/mol. The highest BCUT2D eigenvalue weighted by atomic mass is 16.5. The molecule has 27 heavy (non-hydrogen) atoms. The highest BCUT2D eigenvalue weighted by Gasteiger charge is 2.12. The number of carbonyl (C=O) groups excluding carboxylic acids is 1. The minimum atomic E-state index is -0.159. The van der Waals surface area contributed by atoms with Crippen LogP contribution < -0.4 is 10.9 Å². The Morgan fingerprint density at radius 1 is 1.19 bits per heavy atom. The lowest BCUT2D eigenvalue weighted by Crippen LogP contribution is -2.26. The number of nitrogens with one attached hydrogen (secondary N) is 1. The van der Waals surface area contributed by atoms with Gasteiger partial charge in [0, 0.05) is 25.8 Å². The first-order valence-corrected chi connectivity index (χ1v) is 8.92. The normalized spacial score (nSPS) is 10.9. The minimum absolute atomic E-state index is 0.122. The van der Waals surface area contributed by atoms with Gasteiger partial charge < -0.3 is 14.6 Å². The van der Waals surface area contributed by atoms with Crippen LogP contribution in [0.2, 0.25) is 0 Å². The number of aryl methyl sites for hydroxylation is 1. The summed E-state index contributed by atoms with van der Waals surface area (Å²) in [5, 5.41) is 2.86. The molecule has 0 aliphatic carbocycles. The average molecular weight is 365 g/mol. The van der Waals surface area contributed by atoms with Gasteiger partial charge in [-0.1, -0.05) is 30.3 Å². The second kappa shape index (κ2) is 8.60. The number of hydrogen-bond donors (Lipinski definition) is 1. The van der Waals surface area contributed by atoms with Crippen LogP contribution in [0.25, 0.3) is 11.0 Å². The first-order valence-electron chi connectivity index (χ1n) is 8.92. The largest absolute Gasteiger partial charge is 0.385 e. The van der Waals surface area contributed by atoms with Gasteiger partial charge in [-0.2, -0.15) is 0 Å².